The molecule has 3 saturated carbocycles. The van der Waals surface area contributed by atoms with E-state index >= 15 is 0 Å². The SMILES string of the molecule is O=C(N[C@H]1CCCCC/C=C\[C@@H]2CC2(C(=O)NS(=O)(=O)C2CC2)NC(=O)[C@@H]2C[C@@H](O/N=C/c3ccccc3-c3cccs3)CN2C1=O)OC1CCCC1. The van der Waals surface area contributed by atoms with Gasteiger partial charge < -0.3 is 25.1 Å². The van der Waals surface area contributed by atoms with Gasteiger partial charge in [0, 0.05) is 28.3 Å². The minimum Gasteiger partial charge on any atom is -0.446 e. The molecular weight excluding hydrogens is 719 g/mol. The highest BCUT2D eigenvalue weighted by Crippen LogP contribution is 2.46. The van der Waals surface area contributed by atoms with Gasteiger partial charge in [-0.05, 0) is 75.7 Å². The van der Waals surface area contributed by atoms with Gasteiger partial charge >= 0.3 is 6.09 Å². The Morgan fingerprint density at radius 2 is 1.77 bits per heavy atom. The van der Waals surface area contributed by atoms with Crippen molar-refractivity contribution in [2.24, 2.45) is 11.1 Å². The third kappa shape index (κ3) is 8.77. The zero-order valence-electron chi connectivity index (χ0n) is 29.6. The van der Waals surface area contributed by atoms with E-state index in [1.54, 1.807) is 17.6 Å². The van der Waals surface area contributed by atoms with E-state index in [1.165, 1.54) is 4.90 Å². The summed E-state index contributed by atoms with van der Waals surface area (Å²) in [5, 5.41) is 11.3. The Kier molecular flexibility index (Phi) is 11.2. The van der Waals surface area contributed by atoms with Crippen LogP contribution in [0.3, 0.4) is 0 Å². The Bertz CT molecular complexity index is 1840. The number of fused-ring (bicyclic) bond motifs is 2. The highest BCUT2D eigenvalue weighted by atomic mass is 32.2. The van der Waals surface area contributed by atoms with Crippen LogP contribution in [-0.2, 0) is 34.0 Å². The fourth-order valence-corrected chi connectivity index (χ4v) is 9.75. The number of carbonyl (C=O) groups is 4. The normalized spacial score (nSPS) is 28.9. The van der Waals surface area contributed by atoms with E-state index in [9.17, 15) is 27.6 Å². The molecule has 15 heteroatoms. The quantitative estimate of drug-likeness (QED) is 0.186. The molecule has 5 atom stereocenters. The van der Waals surface area contributed by atoms with Crippen molar-refractivity contribution in [3.05, 3.63) is 59.5 Å². The summed E-state index contributed by atoms with van der Waals surface area (Å²) in [6, 6.07) is 9.74. The molecule has 0 radical (unpaired) electrons. The fourth-order valence-electron chi connectivity index (χ4n) is 7.61. The molecular formula is C38H47N5O8S2. The molecule has 1 unspecified atom stereocenters. The van der Waals surface area contributed by atoms with Crippen LogP contribution in [0, 0.1) is 5.92 Å². The van der Waals surface area contributed by atoms with Gasteiger partial charge in [-0.1, -0.05) is 60.5 Å². The van der Waals surface area contributed by atoms with Gasteiger partial charge in [0.1, 0.15) is 29.8 Å². The minimum atomic E-state index is -3.87. The molecule has 2 aliphatic heterocycles. The number of amides is 4. The Morgan fingerprint density at radius 3 is 2.55 bits per heavy atom. The second kappa shape index (κ2) is 16.0. The van der Waals surface area contributed by atoms with Crippen LogP contribution in [0.5, 0.6) is 0 Å². The molecule has 1 aromatic carbocycles. The Labute approximate surface area is 314 Å². The second-order valence-corrected chi connectivity index (χ2v) is 17.7. The number of hydrogen-bond donors (Lipinski definition) is 3. The number of nitrogens with zero attached hydrogens (tertiary/aromatic N) is 2. The first-order valence-corrected chi connectivity index (χ1v) is 21.2. The van der Waals surface area contributed by atoms with E-state index in [4.69, 9.17) is 9.57 Å². The largest absolute Gasteiger partial charge is 0.446 e. The minimum absolute atomic E-state index is 0.00920. The maximum Gasteiger partial charge on any atom is 0.408 e. The van der Waals surface area contributed by atoms with Crippen LogP contribution >= 0.6 is 11.3 Å². The summed E-state index contributed by atoms with van der Waals surface area (Å²) < 4.78 is 33.5. The molecule has 4 amide bonds. The summed E-state index contributed by atoms with van der Waals surface area (Å²) in [5.74, 6) is -2.24. The maximum atomic E-state index is 14.4. The van der Waals surface area contributed by atoms with Gasteiger partial charge in [-0.25, -0.2) is 13.2 Å². The van der Waals surface area contributed by atoms with Gasteiger partial charge in [-0.2, -0.15) is 0 Å². The highest BCUT2D eigenvalue weighted by molar-refractivity contribution is 7.91. The van der Waals surface area contributed by atoms with Crippen LogP contribution in [0.4, 0.5) is 4.79 Å². The van der Waals surface area contributed by atoms with Crippen molar-refractivity contribution in [1.82, 2.24) is 20.3 Å². The maximum absolute atomic E-state index is 14.4. The number of benzene rings is 1. The van der Waals surface area contributed by atoms with Crippen LogP contribution in [0.1, 0.15) is 89.0 Å². The predicted molar refractivity (Wildman–Crippen MR) is 199 cm³/mol. The molecule has 1 aromatic heterocycles. The molecule has 3 N–H and O–H groups in total. The fraction of sp³-hybridized carbons (Fsp3) is 0.553. The summed E-state index contributed by atoms with van der Waals surface area (Å²) in [6.45, 7) is 0.00920. The molecule has 4 fully saturated rings. The molecule has 284 valence electrons. The number of thiophene rings is 1. The van der Waals surface area contributed by atoms with E-state index in [0.29, 0.717) is 32.1 Å². The molecule has 13 nitrogen and oxygen atoms in total. The van der Waals surface area contributed by atoms with Gasteiger partial charge in [0.25, 0.3) is 5.91 Å². The van der Waals surface area contributed by atoms with Crippen molar-refractivity contribution < 1.29 is 37.2 Å². The summed E-state index contributed by atoms with van der Waals surface area (Å²) in [5.41, 5.74) is 0.348. The second-order valence-electron chi connectivity index (χ2n) is 14.8. The molecule has 0 spiro atoms. The number of ether oxygens (including phenoxy) is 1. The lowest BCUT2D eigenvalue weighted by molar-refractivity contribution is -0.141. The van der Waals surface area contributed by atoms with Gasteiger partial charge in [-0.3, -0.25) is 19.1 Å². The number of nitrogens with one attached hydrogen (secondary N) is 3. The molecule has 5 aliphatic rings. The summed E-state index contributed by atoms with van der Waals surface area (Å²) >= 11 is 1.61. The van der Waals surface area contributed by atoms with Crippen LogP contribution in [0.15, 0.2) is 59.1 Å². The van der Waals surface area contributed by atoms with E-state index in [-0.39, 0.29) is 25.5 Å². The van der Waals surface area contributed by atoms with E-state index in [0.717, 1.165) is 54.5 Å². The van der Waals surface area contributed by atoms with Crippen LogP contribution in [0.2, 0.25) is 0 Å². The third-order valence-corrected chi connectivity index (χ3v) is 13.6. The average Bonchev–Trinajstić information content (AvgIpc) is 3.87. The topological polar surface area (TPSA) is 173 Å². The van der Waals surface area contributed by atoms with Crippen LogP contribution < -0.4 is 15.4 Å². The Hall–Kier alpha value is -4.24. The number of allylic oxidation sites excluding steroid dienone is 1. The molecule has 7 rings (SSSR count). The molecule has 3 aliphatic carbocycles. The zero-order chi connectivity index (χ0) is 37.0. The number of rotatable bonds is 9. The van der Waals surface area contributed by atoms with Gasteiger partial charge in [-0.15, -0.1) is 11.3 Å². The van der Waals surface area contributed by atoms with Crippen LogP contribution in [-0.4, -0.2) is 85.0 Å². The number of alkyl carbamates (subject to hydrolysis) is 1. The standard InChI is InChI=1S/C38H47N5O8S2/c44-34-32-21-28(51-39-23-25-11-6-9-15-30(25)33-17-10-20-52-33)24-43(32)35(45)31(40-37(47)50-27-13-7-8-14-27)16-5-3-1-2-4-12-26-22-38(26,41-34)36(46)42-53(48,49)29-18-19-29/h4,6,9-12,15,17,20,23,26-29,31-32H,1-3,5,7-8,13-14,16,18-19,21-22,24H2,(H,40,47)(H,41,44)(H,42,46)/b12-4-,39-23+/t26-,28-,31+,32+,38?/m1/s1. The Balaban J connectivity index is 1.13. The van der Waals surface area contributed by atoms with Crippen molar-refractivity contribution >= 4 is 51.4 Å². The first-order chi connectivity index (χ1) is 25.6. The monoisotopic (exact) mass is 765 g/mol. The summed E-state index contributed by atoms with van der Waals surface area (Å²) in [4.78, 5) is 63.8. The van der Waals surface area contributed by atoms with Gasteiger partial charge in [0.15, 0.2) is 0 Å². The number of sulfonamides is 1. The van der Waals surface area contributed by atoms with Crippen molar-refractivity contribution in [2.45, 2.75) is 119 Å². The lowest BCUT2D eigenvalue weighted by atomic mass is 10.0. The van der Waals surface area contributed by atoms with E-state index in [2.05, 4.69) is 20.5 Å². The van der Waals surface area contributed by atoms with Crippen molar-refractivity contribution in [3.63, 3.8) is 0 Å². The van der Waals surface area contributed by atoms with Gasteiger partial charge in [0.05, 0.1) is 18.0 Å². The first-order valence-electron chi connectivity index (χ1n) is 18.8. The highest BCUT2D eigenvalue weighted by Gasteiger charge is 2.62. The van der Waals surface area contributed by atoms with Crippen molar-refractivity contribution in [3.8, 4) is 10.4 Å². The number of carbonyl (C=O) groups excluding carboxylic acids is 4. The summed E-state index contributed by atoms with van der Waals surface area (Å²) in [6.07, 6.45) is 12.0. The molecule has 3 heterocycles. The third-order valence-electron chi connectivity index (χ3n) is 10.9. The first kappa shape index (κ1) is 37.1. The molecule has 1 saturated heterocycles. The lowest BCUT2D eigenvalue weighted by Crippen LogP contribution is -2.58. The van der Waals surface area contributed by atoms with Gasteiger partial charge in [0.2, 0.25) is 21.8 Å². The van der Waals surface area contributed by atoms with E-state index in [1.807, 2.05) is 53.9 Å². The van der Waals surface area contributed by atoms with Crippen LogP contribution in [0.25, 0.3) is 10.4 Å². The van der Waals surface area contributed by atoms with Crippen molar-refractivity contribution in [2.75, 3.05) is 6.54 Å². The predicted octanol–water partition coefficient (Wildman–Crippen LogP) is 4.78. The summed E-state index contributed by atoms with van der Waals surface area (Å²) in [7, 11) is -3.87. The average molecular weight is 766 g/mol. The zero-order valence-corrected chi connectivity index (χ0v) is 31.2. The number of hydrogen-bond acceptors (Lipinski definition) is 10. The van der Waals surface area contributed by atoms with Crippen molar-refractivity contribution in [1.29, 1.82) is 0 Å². The number of oxime groups is 1. The van der Waals surface area contributed by atoms with E-state index < -0.39 is 68.7 Å². The smallest absolute Gasteiger partial charge is 0.408 e. The molecule has 53 heavy (non-hydrogen) atoms. The molecule has 0 bridgehead atoms. The Morgan fingerprint density at radius 1 is 0.981 bits per heavy atom. The molecule has 2 aromatic rings. The lowest BCUT2D eigenvalue weighted by Gasteiger charge is -2.30.